The van der Waals surface area contributed by atoms with Gasteiger partial charge in [0, 0.05) is 25.9 Å². The highest BCUT2D eigenvalue weighted by atomic mass is 16.5. The van der Waals surface area contributed by atoms with Crippen molar-refractivity contribution in [2.75, 3.05) is 13.2 Å². The molecule has 194 valence electrons. The molecule has 0 spiro atoms. The molecule has 0 bridgehead atoms. The summed E-state index contributed by atoms with van der Waals surface area (Å²) in [6.45, 7) is 6.64. The van der Waals surface area contributed by atoms with Crippen molar-refractivity contribution < 1.29 is 9.53 Å². The summed E-state index contributed by atoms with van der Waals surface area (Å²) in [7, 11) is 0. The first-order chi connectivity index (χ1) is 18.1. The van der Waals surface area contributed by atoms with Gasteiger partial charge in [0.1, 0.15) is 11.6 Å². The Bertz CT molecular complexity index is 1250. The second-order valence-electron chi connectivity index (χ2n) is 9.69. The molecular formula is C32H39N3O2. The number of carbonyl (C=O) groups excluding carboxylic acids is 1. The van der Waals surface area contributed by atoms with Crippen LogP contribution in [-0.4, -0.2) is 28.6 Å². The third-order valence-corrected chi connectivity index (χ3v) is 6.99. The lowest BCUT2D eigenvalue weighted by molar-refractivity contribution is -0.121. The van der Waals surface area contributed by atoms with Crippen molar-refractivity contribution in [3.8, 4) is 5.75 Å². The lowest BCUT2D eigenvalue weighted by Crippen LogP contribution is -2.26. The van der Waals surface area contributed by atoms with Crippen molar-refractivity contribution in [3.63, 3.8) is 0 Å². The number of hydrogen-bond donors (Lipinski definition) is 1. The summed E-state index contributed by atoms with van der Waals surface area (Å²) in [5.41, 5.74) is 4.70. The van der Waals surface area contributed by atoms with Crippen molar-refractivity contribution in [1.29, 1.82) is 0 Å². The van der Waals surface area contributed by atoms with E-state index in [4.69, 9.17) is 9.72 Å². The van der Waals surface area contributed by atoms with E-state index in [1.165, 1.54) is 11.1 Å². The van der Waals surface area contributed by atoms with Gasteiger partial charge >= 0.3 is 0 Å². The molecule has 5 nitrogen and oxygen atoms in total. The Morgan fingerprint density at radius 3 is 2.49 bits per heavy atom. The maximum Gasteiger partial charge on any atom is 0.220 e. The molecule has 0 fully saturated rings. The standard InChI is InChI=1S/C32H39N3O2/c1-3-25(2)27-16-18-28(19-17-27)37-24-10-9-23-35-30-14-8-7-13-29(30)34-31(35)21-22-33-32(36)20-15-26-11-5-4-6-12-26/h4-8,11-14,16-19,25H,3,9-10,15,20-24H2,1-2H3,(H,33,36). The molecule has 0 aliphatic rings. The second kappa shape index (κ2) is 13.6. The molecule has 1 heterocycles. The highest BCUT2D eigenvalue weighted by Gasteiger charge is 2.11. The Kier molecular flexibility index (Phi) is 9.75. The number of aromatic nitrogens is 2. The van der Waals surface area contributed by atoms with Crippen molar-refractivity contribution >= 4 is 16.9 Å². The molecule has 0 aliphatic heterocycles. The summed E-state index contributed by atoms with van der Waals surface area (Å²) in [6.07, 6.45) is 5.09. The van der Waals surface area contributed by atoms with Crippen LogP contribution in [0, 0.1) is 0 Å². The fourth-order valence-electron chi connectivity index (χ4n) is 4.56. The van der Waals surface area contributed by atoms with Crippen LogP contribution >= 0.6 is 0 Å². The summed E-state index contributed by atoms with van der Waals surface area (Å²) in [5, 5.41) is 3.07. The van der Waals surface area contributed by atoms with Crippen LogP contribution in [0.4, 0.5) is 0 Å². The zero-order valence-corrected chi connectivity index (χ0v) is 22.2. The van der Waals surface area contributed by atoms with E-state index in [9.17, 15) is 4.79 Å². The van der Waals surface area contributed by atoms with E-state index in [-0.39, 0.29) is 5.91 Å². The van der Waals surface area contributed by atoms with Crippen LogP contribution in [0.2, 0.25) is 0 Å². The first-order valence-corrected chi connectivity index (χ1v) is 13.6. The third-order valence-electron chi connectivity index (χ3n) is 6.99. The number of aryl methyl sites for hydroxylation is 2. The van der Waals surface area contributed by atoms with Gasteiger partial charge in [0.25, 0.3) is 0 Å². The average molecular weight is 498 g/mol. The van der Waals surface area contributed by atoms with E-state index in [1.807, 2.05) is 24.3 Å². The summed E-state index contributed by atoms with van der Waals surface area (Å²) < 4.78 is 8.28. The maximum absolute atomic E-state index is 12.3. The summed E-state index contributed by atoms with van der Waals surface area (Å²) in [6, 6.07) is 26.9. The number of nitrogens with zero attached hydrogens (tertiary/aromatic N) is 2. The van der Waals surface area contributed by atoms with Gasteiger partial charge in [0.15, 0.2) is 0 Å². The number of unbranched alkanes of at least 4 members (excludes halogenated alkanes) is 1. The number of nitrogens with one attached hydrogen (secondary N) is 1. The van der Waals surface area contributed by atoms with Crippen molar-refractivity contribution in [1.82, 2.24) is 14.9 Å². The molecule has 1 aromatic heterocycles. The molecule has 1 unspecified atom stereocenters. The zero-order valence-electron chi connectivity index (χ0n) is 22.2. The van der Waals surface area contributed by atoms with Crippen LogP contribution in [0.1, 0.15) is 62.4 Å². The van der Waals surface area contributed by atoms with Crippen LogP contribution < -0.4 is 10.1 Å². The lowest BCUT2D eigenvalue weighted by Gasteiger charge is -2.12. The van der Waals surface area contributed by atoms with Gasteiger partial charge in [-0.3, -0.25) is 4.79 Å². The summed E-state index contributed by atoms with van der Waals surface area (Å²) in [5.74, 6) is 2.62. The van der Waals surface area contributed by atoms with Gasteiger partial charge in [0.2, 0.25) is 5.91 Å². The van der Waals surface area contributed by atoms with Gasteiger partial charge in [-0.15, -0.1) is 0 Å². The van der Waals surface area contributed by atoms with Crippen LogP contribution in [0.3, 0.4) is 0 Å². The molecule has 0 aliphatic carbocycles. The van der Waals surface area contributed by atoms with Gasteiger partial charge in [-0.2, -0.15) is 0 Å². The molecule has 5 heteroatoms. The largest absolute Gasteiger partial charge is 0.494 e. The topological polar surface area (TPSA) is 56.1 Å². The summed E-state index contributed by atoms with van der Waals surface area (Å²) in [4.78, 5) is 17.2. The fraction of sp³-hybridized carbons (Fsp3) is 0.375. The number of ether oxygens (including phenoxy) is 1. The quantitative estimate of drug-likeness (QED) is 0.197. The monoisotopic (exact) mass is 497 g/mol. The lowest BCUT2D eigenvalue weighted by atomic mass is 9.99. The number of benzene rings is 3. The number of para-hydroxylation sites is 2. The van der Waals surface area contributed by atoms with Crippen LogP contribution in [0.15, 0.2) is 78.9 Å². The maximum atomic E-state index is 12.3. The minimum atomic E-state index is 0.0841. The molecule has 37 heavy (non-hydrogen) atoms. The highest BCUT2D eigenvalue weighted by molar-refractivity contribution is 5.77. The first kappa shape index (κ1) is 26.5. The zero-order chi connectivity index (χ0) is 25.9. The Morgan fingerprint density at radius 1 is 0.946 bits per heavy atom. The van der Waals surface area contributed by atoms with E-state index in [0.717, 1.165) is 54.8 Å². The minimum absolute atomic E-state index is 0.0841. The number of carbonyl (C=O) groups is 1. The van der Waals surface area contributed by atoms with Crippen molar-refractivity contribution in [2.24, 2.45) is 0 Å². The van der Waals surface area contributed by atoms with Gasteiger partial charge in [-0.05, 0) is 67.0 Å². The minimum Gasteiger partial charge on any atom is -0.494 e. The van der Waals surface area contributed by atoms with Crippen LogP contribution in [-0.2, 0) is 24.2 Å². The Hall–Kier alpha value is -3.60. The number of fused-ring (bicyclic) bond motifs is 1. The van der Waals surface area contributed by atoms with Gasteiger partial charge in [-0.25, -0.2) is 4.98 Å². The first-order valence-electron chi connectivity index (χ1n) is 13.6. The smallest absolute Gasteiger partial charge is 0.220 e. The number of imidazole rings is 1. The molecule has 0 saturated carbocycles. The Labute approximate surface area is 220 Å². The third kappa shape index (κ3) is 7.69. The molecule has 0 radical (unpaired) electrons. The van der Waals surface area contributed by atoms with Gasteiger partial charge in [0.05, 0.1) is 17.6 Å². The molecular weight excluding hydrogens is 458 g/mol. The predicted molar refractivity (Wildman–Crippen MR) is 151 cm³/mol. The number of amides is 1. The highest BCUT2D eigenvalue weighted by Crippen LogP contribution is 2.22. The molecule has 4 rings (SSSR count). The van der Waals surface area contributed by atoms with Crippen LogP contribution in [0.25, 0.3) is 11.0 Å². The number of hydrogen-bond acceptors (Lipinski definition) is 3. The van der Waals surface area contributed by atoms with E-state index in [2.05, 4.69) is 78.3 Å². The normalized spacial score (nSPS) is 11.9. The summed E-state index contributed by atoms with van der Waals surface area (Å²) >= 11 is 0. The molecule has 1 N–H and O–H groups in total. The predicted octanol–water partition coefficient (Wildman–Crippen LogP) is 6.70. The SMILES string of the molecule is CCC(C)c1ccc(OCCCCn2c(CCNC(=O)CCc3ccccc3)nc3ccccc32)cc1. The Balaban J connectivity index is 1.24. The fourth-order valence-corrected chi connectivity index (χ4v) is 4.56. The second-order valence-corrected chi connectivity index (χ2v) is 9.69. The number of rotatable bonds is 14. The van der Waals surface area contributed by atoms with Gasteiger partial charge < -0.3 is 14.6 Å². The molecule has 4 aromatic rings. The van der Waals surface area contributed by atoms with E-state index >= 15 is 0 Å². The van der Waals surface area contributed by atoms with E-state index in [1.54, 1.807) is 0 Å². The van der Waals surface area contributed by atoms with Crippen LogP contribution in [0.5, 0.6) is 5.75 Å². The molecule has 0 saturated heterocycles. The average Bonchev–Trinajstić information content (AvgIpc) is 3.29. The van der Waals surface area contributed by atoms with Crippen molar-refractivity contribution in [3.05, 3.63) is 95.8 Å². The van der Waals surface area contributed by atoms with Crippen molar-refractivity contribution in [2.45, 2.75) is 64.8 Å². The Morgan fingerprint density at radius 2 is 1.70 bits per heavy atom. The van der Waals surface area contributed by atoms with E-state index < -0.39 is 0 Å². The molecule has 3 aromatic carbocycles. The van der Waals surface area contributed by atoms with Gasteiger partial charge in [-0.1, -0.05) is 68.4 Å². The van der Waals surface area contributed by atoms with E-state index in [0.29, 0.717) is 31.9 Å². The molecule has 1 amide bonds. The molecule has 1 atom stereocenters.